The predicted octanol–water partition coefficient (Wildman–Crippen LogP) is 1.54. The van der Waals surface area contributed by atoms with Crippen LogP contribution in [-0.2, 0) is 19.9 Å². The number of carbonyl (C=O) groups excluding carboxylic acids is 1. The first-order valence-corrected chi connectivity index (χ1v) is 9.58. The van der Waals surface area contributed by atoms with Crippen LogP contribution in [0.5, 0.6) is 0 Å². The molecule has 0 aliphatic heterocycles. The minimum atomic E-state index is -1.19. The largest absolute Gasteiger partial charge is 0.478 e. The van der Waals surface area contributed by atoms with Gasteiger partial charge in [0.15, 0.2) is 0 Å². The lowest BCUT2D eigenvalue weighted by molar-refractivity contribution is -0.133. The molecule has 3 atom stereocenters. The molecule has 3 N–H and O–H groups in total. The van der Waals surface area contributed by atoms with E-state index >= 15 is 0 Å². The maximum absolute atomic E-state index is 11.9. The molecule has 0 radical (unpaired) electrons. The van der Waals surface area contributed by atoms with E-state index in [0.717, 1.165) is 12.8 Å². The number of aromatic nitrogens is 3. The molecule has 0 saturated heterocycles. The van der Waals surface area contributed by atoms with Crippen LogP contribution in [0.3, 0.4) is 0 Å². The highest BCUT2D eigenvalue weighted by molar-refractivity contribution is 5.87. The molecule has 1 amide bonds. The number of ether oxygens (including phenoxy) is 1. The van der Waals surface area contributed by atoms with E-state index in [9.17, 15) is 19.8 Å². The van der Waals surface area contributed by atoms with E-state index in [4.69, 9.17) is 4.74 Å². The number of amides is 1. The van der Waals surface area contributed by atoms with E-state index in [0.29, 0.717) is 5.69 Å². The Morgan fingerprint density at radius 2 is 2.04 bits per heavy atom. The van der Waals surface area contributed by atoms with Crippen LogP contribution < -0.4 is 5.32 Å². The van der Waals surface area contributed by atoms with Crippen LogP contribution in [0.15, 0.2) is 17.8 Å². The molecule has 9 heteroatoms. The van der Waals surface area contributed by atoms with Crippen LogP contribution in [0.4, 0.5) is 0 Å². The molecule has 0 saturated carbocycles. The number of carboxylic acids is 1. The molecule has 1 aliphatic carbocycles. The Morgan fingerprint density at radius 1 is 1.39 bits per heavy atom. The second kappa shape index (κ2) is 8.83. The highest BCUT2D eigenvalue weighted by Gasteiger charge is 2.39. The summed E-state index contributed by atoms with van der Waals surface area (Å²) in [6.07, 6.45) is 4.17. The third-order valence-electron chi connectivity index (χ3n) is 4.94. The van der Waals surface area contributed by atoms with Crippen molar-refractivity contribution >= 4 is 11.9 Å². The number of hydrogen-bond donors (Lipinski definition) is 3. The maximum atomic E-state index is 11.9. The van der Waals surface area contributed by atoms with Gasteiger partial charge in [-0.3, -0.25) is 4.79 Å². The molecule has 0 fully saturated rings. The van der Waals surface area contributed by atoms with Crippen LogP contribution in [0.1, 0.15) is 65.6 Å². The number of rotatable bonds is 8. The van der Waals surface area contributed by atoms with Crippen molar-refractivity contribution in [2.45, 2.75) is 83.8 Å². The molecule has 0 aromatic carbocycles. The lowest BCUT2D eigenvalue weighted by atomic mass is 9.87. The standard InChI is InChI=1S/C19H30N4O5/c1-6-13(7-2)28-15-9-12(18(25)26)8-14(17(15)20-11(3)24)23-10-16(21-22-23)19(4,5)27/h9-10,13-15,17,27H,6-8H2,1-5H3,(H,20,24)(H,25,26)/t14-,15+,17+/m0/s1. The molecule has 0 bridgehead atoms. The molecule has 1 heterocycles. The summed E-state index contributed by atoms with van der Waals surface area (Å²) in [4.78, 5) is 23.5. The minimum absolute atomic E-state index is 0.0611. The first-order chi connectivity index (χ1) is 13.1. The van der Waals surface area contributed by atoms with E-state index < -0.39 is 29.8 Å². The summed E-state index contributed by atoms with van der Waals surface area (Å²) in [7, 11) is 0. The monoisotopic (exact) mass is 394 g/mol. The summed E-state index contributed by atoms with van der Waals surface area (Å²) >= 11 is 0. The Balaban J connectivity index is 2.45. The summed E-state index contributed by atoms with van der Waals surface area (Å²) in [5.41, 5.74) is -0.631. The van der Waals surface area contributed by atoms with E-state index in [1.807, 2.05) is 13.8 Å². The Hall–Kier alpha value is -2.26. The van der Waals surface area contributed by atoms with Gasteiger partial charge in [-0.15, -0.1) is 5.10 Å². The zero-order valence-corrected chi connectivity index (χ0v) is 17.0. The topological polar surface area (TPSA) is 127 Å². The molecular formula is C19H30N4O5. The highest BCUT2D eigenvalue weighted by atomic mass is 16.5. The van der Waals surface area contributed by atoms with Crippen molar-refractivity contribution in [2.24, 2.45) is 0 Å². The smallest absolute Gasteiger partial charge is 0.331 e. The number of aliphatic carboxylic acids is 1. The first kappa shape index (κ1) is 22.0. The van der Waals surface area contributed by atoms with Gasteiger partial charge in [-0.25, -0.2) is 9.48 Å². The second-order valence-electron chi connectivity index (χ2n) is 7.68. The first-order valence-electron chi connectivity index (χ1n) is 9.58. The fraction of sp³-hybridized carbons (Fsp3) is 0.684. The maximum Gasteiger partial charge on any atom is 0.331 e. The van der Waals surface area contributed by atoms with Crippen molar-refractivity contribution in [1.29, 1.82) is 0 Å². The normalized spacial score (nSPS) is 22.8. The zero-order chi connectivity index (χ0) is 21.1. The lowest BCUT2D eigenvalue weighted by Gasteiger charge is -2.37. The van der Waals surface area contributed by atoms with Gasteiger partial charge in [-0.2, -0.15) is 0 Å². The predicted molar refractivity (Wildman–Crippen MR) is 101 cm³/mol. The van der Waals surface area contributed by atoms with Crippen LogP contribution >= 0.6 is 0 Å². The minimum Gasteiger partial charge on any atom is -0.478 e. The van der Waals surface area contributed by atoms with Crippen molar-refractivity contribution in [3.63, 3.8) is 0 Å². The third-order valence-corrected chi connectivity index (χ3v) is 4.94. The molecular weight excluding hydrogens is 364 g/mol. The van der Waals surface area contributed by atoms with E-state index in [1.54, 1.807) is 26.1 Å². The van der Waals surface area contributed by atoms with Gasteiger partial charge in [-0.1, -0.05) is 19.1 Å². The fourth-order valence-electron chi connectivity index (χ4n) is 3.32. The summed E-state index contributed by atoms with van der Waals surface area (Å²) in [6, 6.07) is -1.03. The van der Waals surface area contributed by atoms with Crippen LogP contribution in [-0.4, -0.2) is 55.3 Å². The molecule has 1 aliphatic rings. The SMILES string of the molecule is CCC(CC)O[C@@H]1C=C(C(=O)O)C[C@H](n2cc(C(C)(C)O)nn2)[C@H]1NC(C)=O. The van der Waals surface area contributed by atoms with Crippen molar-refractivity contribution in [2.75, 3.05) is 0 Å². The molecule has 2 rings (SSSR count). The van der Waals surface area contributed by atoms with Gasteiger partial charge in [0.1, 0.15) is 11.3 Å². The van der Waals surface area contributed by atoms with Crippen molar-refractivity contribution in [3.8, 4) is 0 Å². The molecule has 1 aromatic rings. The van der Waals surface area contributed by atoms with Gasteiger partial charge in [0.2, 0.25) is 5.91 Å². The number of carbonyl (C=O) groups is 2. The van der Waals surface area contributed by atoms with Crippen molar-refractivity contribution in [3.05, 3.63) is 23.5 Å². The van der Waals surface area contributed by atoms with E-state index in [-0.39, 0.29) is 24.0 Å². The van der Waals surface area contributed by atoms with E-state index in [2.05, 4.69) is 15.6 Å². The summed E-state index contributed by atoms with van der Waals surface area (Å²) < 4.78 is 7.65. The summed E-state index contributed by atoms with van der Waals surface area (Å²) in [5.74, 6) is -1.28. The molecule has 9 nitrogen and oxygen atoms in total. The average molecular weight is 394 g/mol. The van der Waals surface area contributed by atoms with Gasteiger partial charge >= 0.3 is 5.97 Å². The van der Waals surface area contributed by atoms with Gasteiger partial charge < -0.3 is 20.3 Å². The third kappa shape index (κ3) is 5.17. The Labute approximate surface area is 164 Å². The van der Waals surface area contributed by atoms with Gasteiger partial charge in [0.25, 0.3) is 0 Å². The second-order valence-corrected chi connectivity index (χ2v) is 7.68. The van der Waals surface area contributed by atoms with Crippen LogP contribution in [0.25, 0.3) is 0 Å². The molecule has 0 spiro atoms. The lowest BCUT2D eigenvalue weighted by Crippen LogP contribution is -2.52. The van der Waals surface area contributed by atoms with Gasteiger partial charge in [0.05, 0.1) is 30.5 Å². The zero-order valence-electron chi connectivity index (χ0n) is 17.0. The summed E-state index contributed by atoms with van der Waals surface area (Å²) in [5, 5.41) is 30.7. The average Bonchev–Trinajstić information content (AvgIpc) is 3.10. The number of hydrogen-bond acceptors (Lipinski definition) is 6. The van der Waals surface area contributed by atoms with Gasteiger partial charge in [0, 0.05) is 18.9 Å². The van der Waals surface area contributed by atoms with Crippen molar-refractivity contribution < 1.29 is 24.5 Å². The Morgan fingerprint density at radius 3 is 2.50 bits per heavy atom. The number of nitrogens with zero attached hydrogens (tertiary/aromatic N) is 3. The van der Waals surface area contributed by atoms with Crippen LogP contribution in [0.2, 0.25) is 0 Å². The number of nitrogens with one attached hydrogen (secondary N) is 1. The van der Waals surface area contributed by atoms with Crippen molar-refractivity contribution in [1.82, 2.24) is 20.3 Å². The number of carboxylic acid groups (broad SMARTS) is 1. The highest BCUT2D eigenvalue weighted by Crippen LogP contribution is 2.32. The molecule has 156 valence electrons. The Bertz CT molecular complexity index is 733. The Kier molecular flexibility index (Phi) is 6.95. The molecule has 0 unspecified atom stereocenters. The summed E-state index contributed by atoms with van der Waals surface area (Å²) in [6.45, 7) is 8.59. The van der Waals surface area contributed by atoms with E-state index in [1.165, 1.54) is 11.6 Å². The van der Waals surface area contributed by atoms with Gasteiger partial charge in [-0.05, 0) is 32.8 Å². The van der Waals surface area contributed by atoms with Crippen LogP contribution in [0, 0.1) is 0 Å². The quantitative estimate of drug-likeness (QED) is 0.610. The fourth-order valence-corrected chi connectivity index (χ4v) is 3.32. The number of aliphatic hydroxyl groups is 1. The molecule has 1 aromatic heterocycles. The molecule has 28 heavy (non-hydrogen) atoms.